The van der Waals surface area contributed by atoms with Crippen LogP contribution in [0.3, 0.4) is 0 Å². The molecule has 0 heterocycles. The molecule has 1 N–H and O–H groups in total. The molecule has 0 aliphatic rings. The maximum Gasteiger partial charge on any atom is 0.423 e. The molecule has 108 valence electrons. The summed E-state index contributed by atoms with van der Waals surface area (Å²) in [5.74, 6) is 0. The summed E-state index contributed by atoms with van der Waals surface area (Å²) in [6.45, 7) is 5.14. The highest BCUT2D eigenvalue weighted by Crippen LogP contribution is 2.35. The highest BCUT2D eigenvalue weighted by atomic mass is 19.4. The van der Waals surface area contributed by atoms with Gasteiger partial charge in [0.05, 0.1) is 6.61 Å². The van der Waals surface area contributed by atoms with Gasteiger partial charge in [0.2, 0.25) is 6.10 Å². The van der Waals surface area contributed by atoms with E-state index in [4.69, 9.17) is 0 Å². The van der Waals surface area contributed by atoms with E-state index >= 15 is 0 Å². The molecule has 0 amide bonds. The Kier molecular flexibility index (Phi) is 6.69. The van der Waals surface area contributed by atoms with E-state index in [1.807, 2.05) is 6.92 Å². The molecule has 0 aromatic rings. The molecule has 0 atom stereocenters. The Labute approximate surface area is 101 Å². The summed E-state index contributed by atoms with van der Waals surface area (Å²) < 4.78 is 76.4. The van der Waals surface area contributed by atoms with Gasteiger partial charge in [-0.2, -0.15) is 26.3 Å². The zero-order valence-corrected chi connectivity index (χ0v) is 9.79. The highest BCUT2D eigenvalue weighted by Gasteiger charge is 2.57. The minimum Gasteiger partial charge on any atom is -0.356 e. The fourth-order valence-corrected chi connectivity index (χ4v) is 1.07. The fourth-order valence-electron chi connectivity index (χ4n) is 1.07. The molecule has 0 saturated heterocycles. The third-order valence-corrected chi connectivity index (χ3v) is 1.85. The van der Waals surface area contributed by atoms with Crippen molar-refractivity contribution in [1.29, 1.82) is 0 Å². The number of alkyl halides is 6. The number of halogens is 6. The fraction of sp³-hybridized carbons (Fsp3) is 0.800. The van der Waals surface area contributed by atoms with Crippen LogP contribution in [0, 0.1) is 0 Å². The number of rotatable bonds is 7. The van der Waals surface area contributed by atoms with Gasteiger partial charge in [0, 0.05) is 6.54 Å². The SMILES string of the molecule is C=C(CNCCC)COC(C(F)(F)F)C(F)(F)F. The van der Waals surface area contributed by atoms with Crippen molar-refractivity contribution in [2.75, 3.05) is 19.7 Å². The summed E-state index contributed by atoms with van der Waals surface area (Å²) >= 11 is 0. The molecule has 0 unspecified atom stereocenters. The second-order valence-electron chi connectivity index (χ2n) is 3.70. The third-order valence-electron chi connectivity index (χ3n) is 1.85. The third kappa shape index (κ3) is 6.85. The minimum atomic E-state index is -5.48. The quantitative estimate of drug-likeness (QED) is 0.439. The van der Waals surface area contributed by atoms with Gasteiger partial charge in [0.25, 0.3) is 0 Å². The van der Waals surface area contributed by atoms with Crippen molar-refractivity contribution in [2.45, 2.75) is 31.8 Å². The van der Waals surface area contributed by atoms with Crippen LogP contribution in [0.2, 0.25) is 0 Å². The molecule has 0 rings (SSSR count). The Hall–Kier alpha value is -0.760. The van der Waals surface area contributed by atoms with Crippen LogP contribution in [0.4, 0.5) is 26.3 Å². The average molecular weight is 279 g/mol. The predicted octanol–water partition coefficient (Wildman–Crippen LogP) is 3.05. The highest BCUT2D eigenvalue weighted by molar-refractivity contribution is 4.97. The van der Waals surface area contributed by atoms with Crippen LogP contribution in [0.15, 0.2) is 12.2 Å². The van der Waals surface area contributed by atoms with E-state index in [2.05, 4.69) is 16.6 Å². The van der Waals surface area contributed by atoms with Crippen molar-refractivity contribution in [2.24, 2.45) is 0 Å². The van der Waals surface area contributed by atoms with Gasteiger partial charge >= 0.3 is 12.4 Å². The monoisotopic (exact) mass is 279 g/mol. The molecule has 0 saturated carbocycles. The molecule has 8 heteroatoms. The normalized spacial score (nSPS) is 13.1. The maximum absolute atomic E-state index is 12.1. The van der Waals surface area contributed by atoms with Gasteiger partial charge in [-0.3, -0.25) is 0 Å². The molecular weight excluding hydrogens is 264 g/mol. The second-order valence-corrected chi connectivity index (χ2v) is 3.70. The lowest BCUT2D eigenvalue weighted by atomic mass is 10.3. The summed E-state index contributed by atoms with van der Waals surface area (Å²) in [6, 6.07) is 0. The lowest BCUT2D eigenvalue weighted by Gasteiger charge is -2.23. The molecular formula is C10H15F6NO. The van der Waals surface area contributed by atoms with Crippen molar-refractivity contribution >= 4 is 0 Å². The number of nitrogens with one attached hydrogen (secondary N) is 1. The molecule has 0 aromatic heterocycles. The summed E-state index contributed by atoms with van der Waals surface area (Å²) in [5, 5.41) is 2.79. The summed E-state index contributed by atoms with van der Waals surface area (Å²) in [5.41, 5.74) is 0.127. The lowest BCUT2D eigenvalue weighted by Crippen LogP contribution is -2.44. The van der Waals surface area contributed by atoms with Crippen LogP contribution < -0.4 is 5.32 Å². The number of hydrogen-bond acceptors (Lipinski definition) is 2. The van der Waals surface area contributed by atoms with Gasteiger partial charge in [-0.25, -0.2) is 0 Å². The second kappa shape index (κ2) is 6.98. The van der Waals surface area contributed by atoms with Crippen LogP contribution in [0.25, 0.3) is 0 Å². The summed E-state index contributed by atoms with van der Waals surface area (Å²) in [6.07, 6.45) is -13.9. The zero-order chi connectivity index (χ0) is 14.4. The average Bonchev–Trinajstić information content (AvgIpc) is 2.13. The van der Waals surface area contributed by atoms with Crippen LogP contribution >= 0.6 is 0 Å². The summed E-state index contributed by atoms with van der Waals surface area (Å²) in [7, 11) is 0. The minimum absolute atomic E-state index is 0.121. The molecule has 2 nitrogen and oxygen atoms in total. The van der Waals surface area contributed by atoms with E-state index in [0.29, 0.717) is 6.54 Å². The molecule has 0 fully saturated rings. The van der Waals surface area contributed by atoms with Crippen LogP contribution in [-0.2, 0) is 4.74 Å². The molecule has 0 bridgehead atoms. The molecule has 0 spiro atoms. The van der Waals surface area contributed by atoms with Gasteiger partial charge in [-0.1, -0.05) is 13.5 Å². The maximum atomic E-state index is 12.1. The molecule has 0 aliphatic heterocycles. The first kappa shape index (κ1) is 17.2. The standard InChI is InChI=1S/C10H15F6NO/c1-3-4-17-5-7(2)6-18-8(9(11,12)13)10(14,15)16/h8,17H,2-6H2,1H3. The first-order valence-electron chi connectivity index (χ1n) is 5.21. The topological polar surface area (TPSA) is 21.3 Å². The van der Waals surface area contributed by atoms with Gasteiger partial charge < -0.3 is 10.1 Å². The van der Waals surface area contributed by atoms with Crippen molar-refractivity contribution in [3.63, 3.8) is 0 Å². The van der Waals surface area contributed by atoms with Crippen LogP contribution in [0.1, 0.15) is 13.3 Å². The molecule has 18 heavy (non-hydrogen) atoms. The largest absolute Gasteiger partial charge is 0.423 e. The van der Waals surface area contributed by atoms with Gasteiger partial charge in [-0.15, -0.1) is 0 Å². The summed E-state index contributed by atoms with van der Waals surface area (Å²) in [4.78, 5) is 0. The Bertz CT molecular complexity index is 246. The van der Waals surface area contributed by atoms with E-state index in [1.54, 1.807) is 0 Å². The number of ether oxygens (including phenoxy) is 1. The first-order chi connectivity index (χ1) is 8.09. The Morgan fingerprint density at radius 1 is 1.17 bits per heavy atom. The van der Waals surface area contributed by atoms with Crippen molar-refractivity contribution < 1.29 is 31.1 Å². The van der Waals surface area contributed by atoms with E-state index < -0.39 is 25.1 Å². The van der Waals surface area contributed by atoms with Gasteiger partial charge in [0.15, 0.2) is 0 Å². The van der Waals surface area contributed by atoms with Crippen molar-refractivity contribution in [1.82, 2.24) is 5.32 Å². The van der Waals surface area contributed by atoms with Crippen molar-refractivity contribution in [3.8, 4) is 0 Å². The van der Waals surface area contributed by atoms with Crippen molar-refractivity contribution in [3.05, 3.63) is 12.2 Å². The first-order valence-corrected chi connectivity index (χ1v) is 5.21. The Morgan fingerprint density at radius 2 is 1.67 bits per heavy atom. The van der Waals surface area contributed by atoms with Crippen LogP contribution in [0.5, 0.6) is 0 Å². The van der Waals surface area contributed by atoms with Gasteiger partial charge in [-0.05, 0) is 18.5 Å². The Morgan fingerprint density at radius 3 is 2.06 bits per heavy atom. The Balaban J connectivity index is 4.25. The van der Waals surface area contributed by atoms with Gasteiger partial charge in [0.1, 0.15) is 0 Å². The molecule has 0 aliphatic carbocycles. The number of hydrogen-bond donors (Lipinski definition) is 1. The van der Waals surface area contributed by atoms with E-state index in [1.165, 1.54) is 0 Å². The zero-order valence-electron chi connectivity index (χ0n) is 9.79. The predicted molar refractivity (Wildman–Crippen MR) is 54.2 cm³/mol. The smallest absolute Gasteiger partial charge is 0.356 e. The molecule has 0 aromatic carbocycles. The van der Waals surface area contributed by atoms with E-state index in [0.717, 1.165) is 6.42 Å². The van der Waals surface area contributed by atoms with Crippen LogP contribution in [-0.4, -0.2) is 38.2 Å². The van der Waals surface area contributed by atoms with E-state index in [9.17, 15) is 26.3 Å². The lowest BCUT2D eigenvalue weighted by molar-refractivity contribution is -0.319. The molecule has 0 radical (unpaired) electrons. The van der Waals surface area contributed by atoms with E-state index in [-0.39, 0.29) is 12.1 Å².